The van der Waals surface area contributed by atoms with E-state index in [1.165, 1.54) is 6.42 Å². The Balaban J connectivity index is 1.63. The number of aliphatic hydroxyl groups excluding tert-OH is 1. The number of fused-ring (bicyclic) bond motifs is 4. The van der Waals surface area contributed by atoms with Crippen LogP contribution in [0.25, 0.3) is 10.9 Å². The first-order chi connectivity index (χ1) is 12.6. The highest BCUT2D eigenvalue weighted by Crippen LogP contribution is 2.44. The smallest absolute Gasteiger partial charge is 0.119 e. The zero-order valence-electron chi connectivity index (χ0n) is 14.8. The minimum atomic E-state index is -0.505. The third kappa shape index (κ3) is 3.30. The molecule has 3 aliphatic rings. The Bertz CT molecular complexity index is 787. The number of aromatic nitrogens is 1. The van der Waals surface area contributed by atoms with Crippen LogP contribution in [-0.4, -0.2) is 51.4 Å². The van der Waals surface area contributed by atoms with Crippen molar-refractivity contribution in [3.63, 3.8) is 0 Å². The molecule has 3 aliphatic heterocycles. The summed E-state index contributed by atoms with van der Waals surface area (Å²) in [6.45, 7) is 2.14. The van der Waals surface area contributed by atoms with Crippen LogP contribution in [0.2, 0.25) is 0 Å². The highest BCUT2D eigenvalue weighted by Gasteiger charge is 2.45. The van der Waals surface area contributed by atoms with Gasteiger partial charge in [-0.1, -0.05) is 31.9 Å². The minimum Gasteiger partial charge on any atom is -0.497 e. The molecule has 5 rings (SSSR count). The van der Waals surface area contributed by atoms with Gasteiger partial charge in [0.25, 0.3) is 0 Å². The van der Waals surface area contributed by atoms with Crippen molar-refractivity contribution >= 4 is 42.8 Å². The van der Waals surface area contributed by atoms with E-state index in [1.807, 2.05) is 24.3 Å². The number of pyridine rings is 1. The second-order valence-electron chi connectivity index (χ2n) is 7.41. The van der Waals surface area contributed by atoms with Crippen LogP contribution in [0.4, 0.5) is 0 Å². The number of halogens is 2. The summed E-state index contributed by atoms with van der Waals surface area (Å²) >= 11 is 7.44. The molecule has 1 aromatic carbocycles. The largest absolute Gasteiger partial charge is 0.497 e. The quantitative estimate of drug-likeness (QED) is 0.649. The molecule has 2 bridgehead atoms. The summed E-state index contributed by atoms with van der Waals surface area (Å²) in [6, 6.07) is 7.99. The molecule has 6 heteroatoms. The second kappa shape index (κ2) is 7.74. The summed E-state index contributed by atoms with van der Waals surface area (Å²) in [6.07, 6.45) is 3.57. The maximum Gasteiger partial charge on any atom is 0.119 e. The van der Waals surface area contributed by atoms with E-state index in [4.69, 9.17) is 4.74 Å². The van der Waals surface area contributed by atoms with Crippen molar-refractivity contribution in [2.45, 2.75) is 29.8 Å². The molecule has 0 saturated carbocycles. The summed E-state index contributed by atoms with van der Waals surface area (Å²) < 4.78 is 5.38. The zero-order valence-corrected chi connectivity index (χ0v) is 18.0. The lowest BCUT2D eigenvalue weighted by Crippen LogP contribution is -2.57. The number of aliphatic hydroxyl groups is 1. The highest BCUT2D eigenvalue weighted by molar-refractivity contribution is 9.12. The fraction of sp³-hybridized carbons (Fsp3) is 0.550. The number of piperidine rings is 3. The standard InChI is InChI=1S/C20H24Br2N2O2/c1-26-13-2-3-18-15(9-13)14(4-6-23-18)20(25)19-8-12-5-7-24(19)11-16(12)17(22)10-21/h2-4,6,9,12,16-17,19-20,25H,5,7-8,10-11H2,1H3/t12-,16-,17?,19+,20?/m0/s1. The molecule has 0 amide bonds. The monoisotopic (exact) mass is 482 g/mol. The Morgan fingerprint density at radius 2 is 2.23 bits per heavy atom. The first-order valence-corrected chi connectivity index (χ1v) is 11.2. The fourth-order valence-electron chi connectivity index (χ4n) is 4.70. The molecule has 2 aromatic rings. The van der Waals surface area contributed by atoms with E-state index in [0.717, 1.165) is 47.1 Å². The molecular formula is C20H24Br2N2O2. The lowest BCUT2D eigenvalue weighted by atomic mass is 9.72. The normalized spacial score (nSPS) is 30.3. The van der Waals surface area contributed by atoms with Crippen molar-refractivity contribution in [2.75, 3.05) is 25.5 Å². The molecule has 0 spiro atoms. The molecule has 2 unspecified atom stereocenters. The lowest BCUT2D eigenvalue weighted by Gasteiger charge is -2.52. The van der Waals surface area contributed by atoms with Crippen LogP contribution in [0.15, 0.2) is 30.5 Å². The molecule has 0 radical (unpaired) electrons. The van der Waals surface area contributed by atoms with Gasteiger partial charge in [-0.2, -0.15) is 0 Å². The summed E-state index contributed by atoms with van der Waals surface area (Å²) in [4.78, 5) is 7.43. The summed E-state index contributed by atoms with van der Waals surface area (Å²) in [5, 5.41) is 13.2. The average molecular weight is 484 g/mol. The van der Waals surface area contributed by atoms with Crippen LogP contribution in [0.5, 0.6) is 5.75 Å². The molecule has 1 N–H and O–H groups in total. The maximum atomic E-state index is 11.3. The number of hydrogen-bond acceptors (Lipinski definition) is 4. The van der Waals surface area contributed by atoms with E-state index >= 15 is 0 Å². The molecule has 6 atom stereocenters. The van der Waals surface area contributed by atoms with Crippen LogP contribution >= 0.6 is 31.9 Å². The van der Waals surface area contributed by atoms with E-state index in [1.54, 1.807) is 13.3 Å². The van der Waals surface area contributed by atoms with Gasteiger partial charge in [-0.05, 0) is 61.1 Å². The Morgan fingerprint density at radius 1 is 1.38 bits per heavy atom. The van der Waals surface area contributed by atoms with E-state index < -0.39 is 6.10 Å². The van der Waals surface area contributed by atoms with Gasteiger partial charge < -0.3 is 9.84 Å². The average Bonchev–Trinajstić information content (AvgIpc) is 2.71. The molecule has 4 heterocycles. The zero-order chi connectivity index (χ0) is 18.3. The van der Waals surface area contributed by atoms with Gasteiger partial charge in [-0.25, -0.2) is 0 Å². The second-order valence-corrected chi connectivity index (χ2v) is 9.23. The predicted molar refractivity (Wildman–Crippen MR) is 111 cm³/mol. The Kier molecular flexibility index (Phi) is 5.56. The molecule has 0 aliphatic carbocycles. The number of nitrogens with zero attached hydrogens (tertiary/aromatic N) is 2. The Morgan fingerprint density at radius 3 is 2.92 bits per heavy atom. The van der Waals surface area contributed by atoms with Crippen LogP contribution < -0.4 is 4.74 Å². The van der Waals surface area contributed by atoms with Gasteiger partial charge in [0.1, 0.15) is 5.75 Å². The number of alkyl halides is 2. The molecular weight excluding hydrogens is 460 g/mol. The van der Waals surface area contributed by atoms with Gasteiger partial charge in [0.05, 0.1) is 18.7 Å². The van der Waals surface area contributed by atoms with Crippen LogP contribution in [0.1, 0.15) is 24.5 Å². The van der Waals surface area contributed by atoms with Gasteiger partial charge in [0, 0.05) is 34.3 Å². The first kappa shape index (κ1) is 18.7. The van der Waals surface area contributed by atoms with E-state index in [9.17, 15) is 5.11 Å². The summed E-state index contributed by atoms with van der Waals surface area (Å²) in [5.74, 6) is 2.12. The Labute approximate surface area is 171 Å². The van der Waals surface area contributed by atoms with Gasteiger partial charge >= 0.3 is 0 Å². The molecule has 3 saturated heterocycles. The van der Waals surface area contributed by atoms with Crippen LogP contribution in [-0.2, 0) is 0 Å². The number of ether oxygens (including phenoxy) is 1. The molecule has 26 heavy (non-hydrogen) atoms. The third-order valence-corrected chi connectivity index (χ3v) is 8.70. The van der Waals surface area contributed by atoms with Crippen molar-refractivity contribution in [2.24, 2.45) is 11.8 Å². The highest BCUT2D eigenvalue weighted by atomic mass is 79.9. The molecule has 4 nitrogen and oxygen atoms in total. The van der Waals surface area contributed by atoms with E-state index in [-0.39, 0.29) is 6.04 Å². The maximum absolute atomic E-state index is 11.3. The van der Waals surface area contributed by atoms with Gasteiger partial charge in [-0.3, -0.25) is 9.88 Å². The molecule has 140 valence electrons. The van der Waals surface area contributed by atoms with Crippen molar-refractivity contribution in [3.05, 3.63) is 36.0 Å². The van der Waals surface area contributed by atoms with Crippen molar-refractivity contribution in [3.8, 4) is 5.75 Å². The van der Waals surface area contributed by atoms with Gasteiger partial charge in [0.15, 0.2) is 0 Å². The van der Waals surface area contributed by atoms with Crippen LogP contribution in [0.3, 0.4) is 0 Å². The SMILES string of the molecule is COc1ccc2nccc(C(O)[C@H]3C[C@@H]4CC[N@@]3C[C@@H]4C(Br)CBr)c2c1. The number of benzene rings is 1. The van der Waals surface area contributed by atoms with Gasteiger partial charge in [-0.15, -0.1) is 0 Å². The van der Waals surface area contributed by atoms with E-state index in [2.05, 4.69) is 41.7 Å². The van der Waals surface area contributed by atoms with E-state index in [0.29, 0.717) is 16.7 Å². The Hall–Kier alpha value is -0.690. The predicted octanol–water partition coefficient (Wildman–Crippen LogP) is 4.15. The van der Waals surface area contributed by atoms with Crippen molar-refractivity contribution in [1.29, 1.82) is 0 Å². The number of methoxy groups -OCH3 is 1. The van der Waals surface area contributed by atoms with Crippen LogP contribution in [0, 0.1) is 11.8 Å². The molecule has 3 fully saturated rings. The third-order valence-electron chi connectivity index (χ3n) is 6.13. The number of hydrogen-bond donors (Lipinski definition) is 1. The summed E-state index contributed by atoms with van der Waals surface area (Å²) in [7, 11) is 1.67. The fourth-order valence-corrected chi connectivity index (χ4v) is 5.78. The minimum absolute atomic E-state index is 0.178. The topological polar surface area (TPSA) is 45.6 Å². The lowest BCUT2D eigenvalue weighted by molar-refractivity contribution is -0.0541. The first-order valence-electron chi connectivity index (χ1n) is 9.17. The van der Waals surface area contributed by atoms with Crippen molar-refractivity contribution in [1.82, 2.24) is 9.88 Å². The van der Waals surface area contributed by atoms with Crippen molar-refractivity contribution < 1.29 is 9.84 Å². The summed E-state index contributed by atoms with van der Waals surface area (Å²) in [5.41, 5.74) is 1.86. The van der Waals surface area contributed by atoms with Gasteiger partial charge in [0.2, 0.25) is 0 Å². The molecule has 1 aromatic heterocycles. The number of rotatable bonds is 5.